The zero-order chi connectivity index (χ0) is 11.7. The maximum atomic E-state index is 4.86. The van der Waals surface area contributed by atoms with Crippen molar-refractivity contribution in [1.29, 1.82) is 0 Å². The molecule has 0 aromatic carbocycles. The number of nitrogens with zero attached hydrogens (tertiary/aromatic N) is 1. The molecule has 94 valence electrons. The molecule has 0 spiro atoms. The molecule has 2 aliphatic rings. The quantitative estimate of drug-likeness (QED) is 0.892. The smallest absolute Gasteiger partial charge is 0.0946 e. The van der Waals surface area contributed by atoms with E-state index in [1.54, 1.807) is 4.88 Å². The third kappa shape index (κ3) is 2.55. The van der Waals surface area contributed by atoms with Gasteiger partial charge < -0.3 is 5.32 Å². The van der Waals surface area contributed by atoms with Gasteiger partial charge in [-0.15, -0.1) is 11.3 Å². The van der Waals surface area contributed by atoms with E-state index >= 15 is 0 Å². The number of rotatable bonds is 3. The molecule has 2 unspecified atom stereocenters. The van der Waals surface area contributed by atoms with Gasteiger partial charge in [0.1, 0.15) is 0 Å². The minimum atomic E-state index is 0.699. The van der Waals surface area contributed by atoms with Crippen LogP contribution in [0.15, 0.2) is 0 Å². The van der Waals surface area contributed by atoms with Crippen molar-refractivity contribution in [2.75, 3.05) is 6.54 Å². The van der Waals surface area contributed by atoms with Crippen molar-refractivity contribution < 1.29 is 0 Å². The predicted molar refractivity (Wildman–Crippen MR) is 72.6 cm³/mol. The zero-order valence-corrected chi connectivity index (χ0v) is 11.5. The van der Waals surface area contributed by atoms with Gasteiger partial charge in [-0.25, -0.2) is 4.98 Å². The Bertz CT molecular complexity index is 380. The molecule has 1 aromatic heterocycles. The van der Waals surface area contributed by atoms with Gasteiger partial charge in [0.15, 0.2) is 0 Å². The molecule has 0 radical (unpaired) electrons. The summed E-state index contributed by atoms with van der Waals surface area (Å²) < 4.78 is 0. The number of hydrogen-bond acceptors (Lipinski definition) is 3. The van der Waals surface area contributed by atoms with E-state index in [2.05, 4.69) is 12.2 Å². The number of thiazole rings is 1. The largest absolute Gasteiger partial charge is 0.314 e. The Balaban J connectivity index is 1.69. The summed E-state index contributed by atoms with van der Waals surface area (Å²) in [5.74, 6) is 0.917. The van der Waals surface area contributed by atoms with E-state index in [0.717, 1.165) is 12.3 Å². The second-order valence-electron chi connectivity index (χ2n) is 5.49. The number of fused-ring (bicyclic) bond motifs is 1. The number of aryl methyl sites for hydroxylation is 1. The average molecular weight is 250 g/mol. The van der Waals surface area contributed by atoms with Gasteiger partial charge in [0.25, 0.3) is 0 Å². The minimum Gasteiger partial charge on any atom is -0.314 e. The summed E-state index contributed by atoms with van der Waals surface area (Å²) in [5.41, 5.74) is 1.42. The highest BCUT2D eigenvalue weighted by Gasteiger charge is 2.23. The van der Waals surface area contributed by atoms with Crippen molar-refractivity contribution in [3.8, 4) is 0 Å². The van der Waals surface area contributed by atoms with E-state index in [0.29, 0.717) is 6.04 Å². The molecule has 1 aliphatic heterocycles. The molecule has 1 aliphatic carbocycles. The van der Waals surface area contributed by atoms with E-state index < -0.39 is 0 Å². The molecule has 1 fully saturated rings. The van der Waals surface area contributed by atoms with Crippen molar-refractivity contribution in [3.05, 3.63) is 15.6 Å². The Labute approximate surface area is 108 Å². The third-order valence-corrected chi connectivity index (χ3v) is 5.39. The van der Waals surface area contributed by atoms with Crippen LogP contribution in [-0.4, -0.2) is 17.6 Å². The van der Waals surface area contributed by atoms with Crippen molar-refractivity contribution >= 4 is 11.3 Å². The molecule has 2 atom stereocenters. The lowest BCUT2D eigenvalue weighted by atomic mass is 9.89. The fourth-order valence-corrected chi connectivity index (χ4v) is 4.38. The molecular formula is C14H22N2S. The Morgan fingerprint density at radius 3 is 3.12 bits per heavy atom. The summed E-state index contributed by atoms with van der Waals surface area (Å²) in [5, 5.41) is 4.95. The summed E-state index contributed by atoms with van der Waals surface area (Å²) in [6.45, 7) is 3.52. The first-order chi connectivity index (χ1) is 8.35. The second kappa shape index (κ2) is 5.07. The predicted octanol–water partition coefficient (Wildman–Crippen LogP) is 2.95. The summed E-state index contributed by atoms with van der Waals surface area (Å²) in [6.07, 6.45) is 9.04. The van der Waals surface area contributed by atoms with Crippen molar-refractivity contribution in [3.63, 3.8) is 0 Å². The highest BCUT2D eigenvalue weighted by molar-refractivity contribution is 7.11. The van der Waals surface area contributed by atoms with Gasteiger partial charge in [-0.1, -0.05) is 13.3 Å². The number of aromatic nitrogens is 1. The van der Waals surface area contributed by atoms with Gasteiger partial charge in [-0.3, -0.25) is 0 Å². The lowest BCUT2D eigenvalue weighted by Crippen LogP contribution is -2.23. The maximum absolute atomic E-state index is 4.86. The van der Waals surface area contributed by atoms with Crippen LogP contribution in [0.25, 0.3) is 0 Å². The molecule has 0 bridgehead atoms. The fourth-order valence-electron chi connectivity index (χ4n) is 3.07. The Morgan fingerprint density at radius 1 is 1.41 bits per heavy atom. The molecule has 17 heavy (non-hydrogen) atoms. The van der Waals surface area contributed by atoms with E-state index in [1.807, 2.05) is 11.3 Å². The molecule has 2 nitrogen and oxygen atoms in total. The van der Waals surface area contributed by atoms with E-state index in [-0.39, 0.29) is 0 Å². The van der Waals surface area contributed by atoms with Crippen LogP contribution in [0.4, 0.5) is 0 Å². The normalized spacial score (nSPS) is 28.3. The summed E-state index contributed by atoms with van der Waals surface area (Å²) in [4.78, 5) is 6.46. The Kier molecular flexibility index (Phi) is 3.48. The number of hydrogen-bond donors (Lipinski definition) is 1. The average Bonchev–Trinajstić information content (AvgIpc) is 2.96. The molecular weight excluding hydrogens is 228 g/mol. The van der Waals surface area contributed by atoms with Crippen LogP contribution in [-0.2, 0) is 19.3 Å². The standard InChI is InChI=1S/C14H22N2S/c1-2-10-5-6-12-13(8-10)17-14(16-12)9-11-4-3-7-15-11/h10-11,15H,2-9H2,1H3. The van der Waals surface area contributed by atoms with E-state index in [1.165, 1.54) is 55.8 Å². The molecule has 1 N–H and O–H groups in total. The van der Waals surface area contributed by atoms with Crippen molar-refractivity contribution in [2.45, 2.75) is 57.9 Å². The minimum absolute atomic E-state index is 0.699. The van der Waals surface area contributed by atoms with Crippen LogP contribution in [0.3, 0.4) is 0 Å². The first-order valence-corrected chi connectivity index (χ1v) is 7.87. The van der Waals surface area contributed by atoms with Gasteiger partial charge >= 0.3 is 0 Å². The van der Waals surface area contributed by atoms with Gasteiger partial charge in [0, 0.05) is 17.3 Å². The summed E-state index contributed by atoms with van der Waals surface area (Å²) in [7, 11) is 0. The lowest BCUT2D eigenvalue weighted by Gasteiger charge is -2.18. The fraction of sp³-hybridized carbons (Fsp3) is 0.786. The van der Waals surface area contributed by atoms with E-state index in [9.17, 15) is 0 Å². The third-order valence-electron chi connectivity index (χ3n) is 4.25. The number of nitrogens with one attached hydrogen (secondary N) is 1. The van der Waals surface area contributed by atoms with Crippen LogP contribution in [0.1, 0.15) is 48.2 Å². The highest BCUT2D eigenvalue weighted by Crippen LogP contribution is 2.32. The Morgan fingerprint density at radius 2 is 2.35 bits per heavy atom. The van der Waals surface area contributed by atoms with Crippen molar-refractivity contribution in [1.82, 2.24) is 10.3 Å². The summed E-state index contributed by atoms with van der Waals surface area (Å²) >= 11 is 1.99. The molecule has 3 rings (SSSR count). The van der Waals surface area contributed by atoms with Crippen LogP contribution < -0.4 is 5.32 Å². The topological polar surface area (TPSA) is 24.9 Å². The van der Waals surface area contributed by atoms with Crippen LogP contribution in [0, 0.1) is 5.92 Å². The molecule has 1 aromatic rings. The van der Waals surface area contributed by atoms with Crippen LogP contribution in [0.5, 0.6) is 0 Å². The van der Waals surface area contributed by atoms with Crippen molar-refractivity contribution in [2.24, 2.45) is 5.92 Å². The van der Waals surface area contributed by atoms with E-state index in [4.69, 9.17) is 4.98 Å². The van der Waals surface area contributed by atoms with Gasteiger partial charge in [-0.2, -0.15) is 0 Å². The molecule has 0 amide bonds. The first kappa shape index (κ1) is 11.7. The zero-order valence-electron chi connectivity index (χ0n) is 10.7. The lowest BCUT2D eigenvalue weighted by molar-refractivity contribution is 0.445. The molecule has 2 heterocycles. The Hall–Kier alpha value is -0.410. The van der Waals surface area contributed by atoms with Crippen LogP contribution >= 0.6 is 11.3 Å². The molecule has 0 saturated carbocycles. The monoisotopic (exact) mass is 250 g/mol. The molecule has 3 heteroatoms. The SMILES string of the molecule is CCC1CCc2nc(CC3CCCN3)sc2C1. The first-order valence-electron chi connectivity index (χ1n) is 7.06. The maximum Gasteiger partial charge on any atom is 0.0946 e. The summed E-state index contributed by atoms with van der Waals surface area (Å²) in [6, 6.07) is 0.699. The van der Waals surface area contributed by atoms with Gasteiger partial charge in [-0.05, 0) is 44.6 Å². The second-order valence-corrected chi connectivity index (χ2v) is 6.66. The van der Waals surface area contributed by atoms with Gasteiger partial charge in [0.2, 0.25) is 0 Å². The highest BCUT2D eigenvalue weighted by atomic mass is 32.1. The molecule has 1 saturated heterocycles. The van der Waals surface area contributed by atoms with Gasteiger partial charge in [0.05, 0.1) is 10.7 Å². The van der Waals surface area contributed by atoms with Crippen LogP contribution in [0.2, 0.25) is 0 Å².